The number of piperidine rings is 1. The van der Waals surface area contributed by atoms with Gasteiger partial charge in [0.2, 0.25) is 0 Å². The highest BCUT2D eigenvalue weighted by molar-refractivity contribution is 5.92. The first-order valence-corrected chi connectivity index (χ1v) is 7.18. The summed E-state index contributed by atoms with van der Waals surface area (Å²) in [7, 11) is 3.64. The zero-order valence-corrected chi connectivity index (χ0v) is 13.9. The van der Waals surface area contributed by atoms with E-state index in [2.05, 4.69) is 10.6 Å². The van der Waals surface area contributed by atoms with E-state index in [9.17, 15) is 4.79 Å². The number of carbonyl (C=O) groups excluding carboxylic acids is 1. The van der Waals surface area contributed by atoms with Crippen LogP contribution in [0.1, 0.15) is 29.0 Å². The van der Waals surface area contributed by atoms with Crippen LogP contribution >= 0.6 is 12.4 Å². The van der Waals surface area contributed by atoms with Gasteiger partial charge in [-0.2, -0.15) is 0 Å². The van der Waals surface area contributed by atoms with Crippen molar-refractivity contribution in [1.29, 1.82) is 0 Å². The molecule has 0 spiro atoms. The molecule has 1 aromatic heterocycles. The Balaban J connectivity index is 0.00000220. The van der Waals surface area contributed by atoms with E-state index < -0.39 is 0 Å². The minimum Gasteiger partial charge on any atom is -0.384 e. The molecule has 0 saturated carbocycles. The highest BCUT2D eigenvalue weighted by atomic mass is 35.5. The molecule has 120 valence electrons. The van der Waals surface area contributed by atoms with Crippen LogP contribution in [0.15, 0.2) is 12.1 Å². The van der Waals surface area contributed by atoms with Crippen molar-refractivity contribution in [3.8, 4) is 0 Å². The lowest BCUT2D eigenvalue weighted by molar-refractivity contribution is 0.0510. The van der Waals surface area contributed by atoms with Crippen LogP contribution in [0, 0.1) is 12.3 Å². The van der Waals surface area contributed by atoms with Gasteiger partial charge in [-0.15, -0.1) is 12.4 Å². The van der Waals surface area contributed by atoms with Gasteiger partial charge in [-0.05, 0) is 45.0 Å². The highest BCUT2D eigenvalue weighted by Crippen LogP contribution is 2.28. The normalized spacial score (nSPS) is 17.1. The molecule has 1 aliphatic rings. The molecule has 5 nitrogen and oxygen atoms in total. The summed E-state index contributed by atoms with van der Waals surface area (Å²) in [6, 6.07) is 3.83. The SMILES string of the molecule is COCC1(CNC(=O)c2ccc(C)n2C)CCNCC1.Cl. The van der Waals surface area contributed by atoms with Crippen LogP contribution in [0.25, 0.3) is 0 Å². The van der Waals surface area contributed by atoms with E-state index in [-0.39, 0.29) is 23.7 Å². The number of amides is 1. The maximum atomic E-state index is 12.3. The highest BCUT2D eigenvalue weighted by Gasteiger charge is 2.32. The molecule has 2 N–H and O–H groups in total. The number of carbonyl (C=O) groups is 1. The Morgan fingerprint density at radius 3 is 2.62 bits per heavy atom. The summed E-state index contributed by atoms with van der Waals surface area (Å²) in [5.74, 6) is -0.00499. The molecular formula is C15H26ClN3O2. The van der Waals surface area contributed by atoms with Gasteiger partial charge in [0.25, 0.3) is 5.91 Å². The Morgan fingerprint density at radius 1 is 1.43 bits per heavy atom. The van der Waals surface area contributed by atoms with Crippen molar-refractivity contribution in [2.24, 2.45) is 12.5 Å². The van der Waals surface area contributed by atoms with Gasteiger partial charge in [-0.3, -0.25) is 4.79 Å². The molecule has 2 heterocycles. The van der Waals surface area contributed by atoms with Gasteiger partial charge in [-0.25, -0.2) is 0 Å². The van der Waals surface area contributed by atoms with Crippen LogP contribution in [0.2, 0.25) is 0 Å². The van der Waals surface area contributed by atoms with E-state index >= 15 is 0 Å². The number of aryl methyl sites for hydroxylation is 1. The van der Waals surface area contributed by atoms with Crippen molar-refractivity contribution in [1.82, 2.24) is 15.2 Å². The maximum absolute atomic E-state index is 12.3. The molecule has 1 aliphatic heterocycles. The average Bonchev–Trinajstić information content (AvgIpc) is 2.78. The first-order chi connectivity index (χ1) is 9.58. The fourth-order valence-electron chi connectivity index (χ4n) is 2.83. The van der Waals surface area contributed by atoms with Crippen molar-refractivity contribution in [3.05, 3.63) is 23.5 Å². The van der Waals surface area contributed by atoms with E-state index in [0.717, 1.165) is 31.6 Å². The molecule has 6 heteroatoms. The smallest absolute Gasteiger partial charge is 0.267 e. The third-order valence-electron chi connectivity index (χ3n) is 4.34. The second-order valence-corrected chi connectivity index (χ2v) is 5.78. The molecule has 1 saturated heterocycles. The van der Waals surface area contributed by atoms with Crippen LogP contribution < -0.4 is 10.6 Å². The largest absolute Gasteiger partial charge is 0.384 e. The standard InChI is InChI=1S/C15H25N3O2.ClH/c1-12-4-5-13(18(12)2)14(19)17-10-15(11-20-3)6-8-16-9-7-15;/h4-5,16H,6-11H2,1-3H3,(H,17,19);1H. The molecule has 0 aromatic carbocycles. The maximum Gasteiger partial charge on any atom is 0.267 e. The van der Waals surface area contributed by atoms with Gasteiger partial charge in [-0.1, -0.05) is 0 Å². The minimum absolute atomic E-state index is 0. The number of hydrogen-bond acceptors (Lipinski definition) is 3. The Morgan fingerprint density at radius 2 is 2.10 bits per heavy atom. The molecule has 0 aliphatic carbocycles. The fourth-order valence-corrected chi connectivity index (χ4v) is 2.83. The number of ether oxygens (including phenoxy) is 1. The third-order valence-corrected chi connectivity index (χ3v) is 4.34. The monoisotopic (exact) mass is 315 g/mol. The summed E-state index contributed by atoms with van der Waals surface area (Å²) >= 11 is 0. The number of rotatable bonds is 5. The van der Waals surface area contributed by atoms with Crippen molar-refractivity contribution in [3.63, 3.8) is 0 Å². The van der Waals surface area contributed by atoms with Gasteiger partial charge in [0.05, 0.1) is 6.61 Å². The Labute approximate surface area is 132 Å². The lowest BCUT2D eigenvalue weighted by Crippen LogP contribution is -2.47. The van der Waals surface area contributed by atoms with Gasteiger partial charge >= 0.3 is 0 Å². The van der Waals surface area contributed by atoms with Gasteiger partial charge < -0.3 is 19.9 Å². The molecule has 1 fully saturated rings. The van der Waals surface area contributed by atoms with E-state index in [1.165, 1.54) is 0 Å². The summed E-state index contributed by atoms with van der Waals surface area (Å²) in [4.78, 5) is 12.3. The molecular weight excluding hydrogens is 290 g/mol. The Hall–Kier alpha value is -1.04. The first kappa shape index (κ1) is 18.0. The molecule has 2 rings (SSSR count). The minimum atomic E-state index is -0.00499. The van der Waals surface area contributed by atoms with Crippen molar-refractivity contribution in [2.45, 2.75) is 19.8 Å². The molecule has 0 atom stereocenters. The van der Waals surface area contributed by atoms with Crippen LogP contribution in [0.3, 0.4) is 0 Å². The predicted octanol–water partition coefficient (Wildman–Crippen LogP) is 1.50. The van der Waals surface area contributed by atoms with Gasteiger partial charge in [0.1, 0.15) is 5.69 Å². The molecule has 1 aromatic rings. The number of nitrogens with one attached hydrogen (secondary N) is 2. The van der Waals surface area contributed by atoms with Gasteiger partial charge in [0, 0.05) is 31.8 Å². The number of hydrogen-bond donors (Lipinski definition) is 2. The zero-order valence-electron chi connectivity index (χ0n) is 13.1. The quantitative estimate of drug-likeness (QED) is 0.866. The third kappa shape index (κ3) is 4.22. The van der Waals surface area contributed by atoms with Crippen LogP contribution in [-0.4, -0.2) is 43.8 Å². The molecule has 0 unspecified atom stereocenters. The van der Waals surface area contributed by atoms with Crippen molar-refractivity contribution >= 4 is 18.3 Å². The lowest BCUT2D eigenvalue weighted by atomic mass is 9.79. The summed E-state index contributed by atoms with van der Waals surface area (Å²) < 4.78 is 7.28. The van der Waals surface area contributed by atoms with Crippen molar-refractivity contribution < 1.29 is 9.53 Å². The molecule has 21 heavy (non-hydrogen) atoms. The predicted molar refractivity (Wildman–Crippen MR) is 86.1 cm³/mol. The van der Waals surface area contributed by atoms with Crippen molar-refractivity contribution in [2.75, 3.05) is 33.4 Å². The van der Waals surface area contributed by atoms with Crippen LogP contribution in [0.5, 0.6) is 0 Å². The second kappa shape index (κ2) is 7.82. The molecule has 1 amide bonds. The lowest BCUT2D eigenvalue weighted by Gasteiger charge is -2.37. The topological polar surface area (TPSA) is 55.3 Å². The number of methoxy groups -OCH3 is 1. The van der Waals surface area contributed by atoms with E-state index in [1.54, 1.807) is 7.11 Å². The fraction of sp³-hybridized carbons (Fsp3) is 0.667. The van der Waals surface area contributed by atoms with Crippen LogP contribution in [-0.2, 0) is 11.8 Å². The number of nitrogens with zero attached hydrogens (tertiary/aromatic N) is 1. The van der Waals surface area contributed by atoms with E-state index in [0.29, 0.717) is 18.8 Å². The van der Waals surface area contributed by atoms with E-state index in [4.69, 9.17) is 4.74 Å². The first-order valence-electron chi connectivity index (χ1n) is 7.18. The molecule has 0 radical (unpaired) electrons. The molecule has 0 bridgehead atoms. The Bertz CT molecular complexity index is 462. The number of aromatic nitrogens is 1. The van der Waals surface area contributed by atoms with E-state index in [1.807, 2.05) is 30.7 Å². The summed E-state index contributed by atoms with van der Waals surface area (Å²) in [6.07, 6.45) is 2.07. The van der Waals surface area contributed by atoms with Gasteiger partial charge in [0.15, 0.2) is 0 Å². The zero-order chi connectivity index (χ0) is 14.6. The number of halogens is 1. The average molecular weight is 316 g/mol. The van der Waals surface area contributed by atoms with Crippen LogP contribution in [0.4, 0.5) is 0 Å². The summed E-state index contributed by atoms with van der Waals surface area (Å²) in [5.41, 5.74) is 1.86. The second-order valence-electron chi connectivity index (χ2n) is 5.78. The summed E-state index contributed by atoms with van der Waals surface area (Å²) in [5, 5.41) is 6.44. The Kier molecular flexibility index (Phi) is 6.71. The summed E-state index contributed by atoms with van der Waals surface area (Å²) in [6.45, 7) is 5.34.